The van der Waals surface area contributed by atoms with Gasteiger partial charge in [-0.15, -0.1) is 0 Å². The fraction of sp³-hybridized carbons (Fsp3) is 0.214. The van der Waals surface area contributed by atoms with Gasteiger partial charge in [0, 0.05) is 11.6 Å². The first-order chi connectivity index (χ1) is 9.60. The number of carbonyl (C=O) groups is 1. The van der Waals surface area contributed by atoms with Crippen molar-refractivity contribution in [2.45, 2.75) is 19.5 Å². The Hall–Kier alpha value is -2.63. The summed E-state index contributed by atoms with van der Waals surface area (Å²) in [5.41, 5.74) is 11.0. The Labute approximate surface area is 116 Å². The number of amides is 1. The van der Waals surface area contributed by atoms with Gasteiger partial charge in [-0.05, 0) is 17.9 Å². The summed E-state index contributed by atoms with van der Waals surface area (Å²) >= 11 is 0. The van der Waals surface area contributed by atoms with Crippen molar-refractivity contribution in [2.24, 2.45) is 16.5 Å². The van der Waals surface area contributed by atoms with Crippen molar-refractivity contribution in [1.82, 2.24) is 10.3 Å². The predicted octanol–water partition coefficient (Wildman–Crippen LogP) is 0.974. The fourth-order valence-corrected chi connectivity index (χ4v) is 1.84. The number of carbonyl (C=O) groups excluding carboxylic acids is 1. The van der Waals surface area contributed by atoms with Crippen LogP contribution in [0.15, 0.2) is 41.5 Å². The van der Waals surface area contributed by atoms with E-state index in [1.165, 1.54) is 0 Å². The summed E-state index contributed by atoms with van der Waals surface area (Å²) in [6.07, 6.45) is 1.82. The Morgan fingerprint density at radius 1 is 1.35 bits per heavy atom. The van der Waals surface area contributed by atoms with Crippen LogP contribution in [0.2, 0.25) is 0 Å². The predicted molar refractivity (Wildman–Crippen MR) is 79.1 cm³/mol. The number of fused-ring (bicyclic) bond motifs is 1. The molecule has 2 aromatic rings. The van der Waals surface area contributed by atoms with Crippen LogP contribution in [0.5, 0.6) is 0 Å². The van der Waals surface area contributed by atoms with Crippen molar-refractivity contribution in [3.63, 3.8) is 0 Å². The molecule has 6 heteroatoms. The van der Waals surface area contributed by atoms with Crippen LogP contribution in [0.3, 0.4) is 0 Å². The summed E-state index contributed by atoms with van der Waals surface area (Å²) in [4.78, 5) is 20.2. The van der Waals surface area contributed by atoms with Gasteiger partial charge in [0.1, 0.15) is 11.9 Å². The molecule has 5 N–H and O–H groups in total. The van der Waals surface area contributed by atoms with Gasteiger partial charge in [0.05, 0.1) is 0 Å². The number of guanidine groups is 1. The highest BCUT2D eigenvalue weighted by Crippen LogP contribution is 2.13. The van der Waals surface area contributed by atoms with E-state index in [0.717, 1.165) is 10.8 Å². The molecule has 0 fully saturated rings. The van der Waals surface area contributed by atoms with Crippen molar-refractivity contribution >= 4 is 22.6 Å². The molecule has 0 aliphatic rings. The number of aliphatic imine (C=N–C) groups is 1. The molecule has 1 aromatic heterocycles. The third-order valence-corrected chi connectivity index (χ3v) is 2.85. The lowest BCUT2D eigenvalue weighted by Gasteiger charge is -2.12. The quantitative estimate of drug-likeness (QED) is 0.569. The molecule has 0 saturated heterocycles. The lowest BCUT2D eigenvalue weighted by molar-refractivity contribution is 0.0932. The van der Waals surface area contributed by atoms with Gasteiger partial charge in [-0.3, -0.25) is 9.78 Å². The van der Waals surface area contributed by atoms with Crippen LogP contribution >= 0.6 is 0 Å². The molecular weight excluding hydrogens is 254 g/mol. The van der Waals surface area contributed by atoms with Gasteiger partial charge >= 0.3 is 0 Å². The van der Waals surface area contributed by atoms with E-state index in [1.54, 1.807) is 12.3 Å². The summed E-state index contributed by atoms with van der Waals surface area (Å²) in [5, 5.41) is 4.68. The second-order valence-corrected chi connectivity index (χ2v) is 4.37. The maximum Gasteiger partial charge on any atom is 0.271 e. The van der Waals surface area contributed by atoms with Crippen LogP contribution in [0.4, 0.5) is 0 Å². The maximum atomic E-state index is 12.1. The Balaban J connectivity index is 2.20. The molecule has 1 heterocycles. The van der Waals surface area contributed by atoms with Crippen LogP contribution < -0.4 is 16.8 Å². The van der Waals surface area contributed by atoms with E-state index in [1.807, 2.05) is 31.2 Å². The number of nitrogens with zero attached hydrogens (tertiary/aromatic N) is 2. The van der Waals surface area contributed by atoms with Crippen molar-refractivity contribution < 1.29 is 4.79 Å². The fourth-order valence-electron chi connectivity index (χ4n) is 1.84. The summed E-state index contributed by atoms with van der Waals surface area (Å²) in [6.45, 7) is 1.88. The Bertz CT molecular complexity index is 649. The molecule has 0 bridgehead atoms. The molecule has 0 spiro atoms. The van der Waals surface area contributed by atoms with Crippen molar-refractivity contribution in [1.29, 1.82) is 0 Å². The number of hydrogen-bond donors (Lipinski definition) is 3. The number of benzene rings is 1. The van der Waals surface area contributed by atoms with Crippen LogP contribution in [0.25, 0.3) is 10.8 Å². The standard InChI is InChI=1S/C14H17N5O/c1-2-12(19-14(15)16)18-13(20)11-7-9-5-3-4-6-10(9)8-17-11/h3-8,12H,2H2,1H3,(H,18,20)(H4,15,16,19). The van der Waals surface area contributed by atoms with E-state index in [2.05, 4.69) is 15.3 Å². The zero-order valence-electron chi connectivity index (χ0n) is 11.2. The molecule has 1 atom stereocenters. The minimum atomic E-state index is -0.444. The lowest BCUT2D eigenvalue weighted by atomic mass is 10.1. The molecule has 104 valence electrons. The van der Waals surface area contributed by atoms with Gasteiger partial charge in [-0.2, -0.15) is 0 Å². The molecule has 0 saturated carbocycles. The molecule has 1 amide bonds. The van der Waals surface area contributed by atoms with Gasteiger partial charge in [-0.25, -0.2) is 4.99 Å². The van der Waals surface area contributed by atoms with E-state index < -0.39 is 6.17 Å². The second-order valence-electron chi connectivity index (χ2n) is 4.37. The van der Waals surface area contributed by atoms with Crippen LogP contribution in [0.1, 0.15) is 23.8 Å². The molecule has 20 heavy (non-hydrogen) atoms. The summed E-state index contributed by atoms with van der Waals surface area (Å²) in [5.74, 6) is -0.351. The van der Waals surface area contributed by atoms with Crippen LogP contribution in [0, 0.1) is 0 Å². The van der Waals surface area contributed by atoms with Gasteiger partial charge < -0.3 is 16.8 Å². The molecule has 0 aliphatic carbocycles. The summed E-state index contributed by atoms with van der Waals surface area (Å²) < 4.78 is 0. The van der Waals surface area contributed by atoms with E-state index >= 15 is 0 Å². The molecule has 0 radical (unpaired) electrons. The first kappa shape index (κ1) is 13.8. The highest BCUT2D eigenvalue weighted by Gasteiger charge is 2.12. The first-order valence-electron chi connectivity index (χ1n) is 6.34. The molecular formula is C14H17N5O. The highest BCUT2D eigenvalue weighted by atomic mass is 16.2. The molecule has 2 rings (SSSR count). The Morgan fingerprint density at radius 3 is 2.70 bits per heavy atom. The van der Waals surface area contributed by atoms with Crippen LogP contribution in [-0.2, 0) is 0 Å². The van der Waals surface area contributed by atoms with Crippen molar-refractivity contribution in [2.75, 3.05) is 0 Å². The maximum absolute atomic E-state index is 12.1. The molecule has 0 aliphatic heterocycles. The van der Waals surface area contributed by atoms with Gasteiger partial charge in [0.15, 0.2) is 5.96 Å². The lowest BCUT2D eigenvalue weighted by Crippen LogP contribution is -2.36. The van der Waals surface area contributed by atoms with Gasteiger partial charge in [0.25, 0.3) is 5.91 Å². The molecule has 1 aromatic carbocycles. The smallest absolute Gasteiger partial charge is 0.271 e. The Kier molecular flexibility index (Phi) is 4.14. The third-order valence-electron chi connectivity index (χ3n) is 2.85. The molecule has 1 unspecified atom stereocenters. The van der Waals surface area contributed by atoms with Crippen molar-refractivity contribution in [3.05, 3.63) is 42.2 Å². The highest BCUT2D eigenvalue weighted by molar-refractivity contribution is 5.96. The largest absolute Gasteiger partial charge is 0.370 e. The summed E-state index contributed by atoms with van der Waals surface area (Å²) in [7, 11) is 0. The average molecular weight is 271 g/mol. The minimum absolute atomic E-state index is 0.0522. The van der Waals surface area contributed by atoms with E-state index in [0.29, 0.717) is 12.1 Å². The number of pyridine rings is 1. The van der Waals surface area contributed by atoms with Gasteiger partial charge in [0.2, 0.25) is 0 Å². The normalized spacial score (nSPS) is 11.8. The number of aromatic nitrogens is 1. The van der Waals surface area contributed by atoms with Crippen LogP contribution in [-0.4, -0.2) is 23.0 Å². The average Bonchev–Trinajstić information content (AvgIpc) is 2.45. The number of hydrogen-bond acceptors (Lipinski definition) is 3. The topological polar surface area (TPSA) is 106 Å². The van der Waals surface area contributed by atoms with E-state index in [4.69, 9.17) is 11.5 Å². The molecule has 6 nitrogen and oxygen atoms in total. The third kappa shape index (κ3) is 3.23. The van der Waals surface area contributed by atoms with E-state index in [9.17, 15) is 4.79 Å². The zero-order valence-corrected chi connectivity index (χ0v) is 11.2. The number of nitrogens with one attached hydrogen (secondary N) is 1. The number of rotatable bonds is 4. The summed E-state index contributed by atoms with van der Waals surface area (Å²) in [6, 6.07) is 9.46. The SMILES string of the molecule is CCC(N=C(N)N)NC(=O)c1cc2ccccc2cn1. The van der Waals surface area contributed by atoms with Gasteiger partial charge in [-0.1, -0.05) is 31.2 Å². The zero-order chi connectivity index (χ0) is 14.5. The van der Waals surface area contributed by atoms with Crippen molar-refractivity contribution in [3.8, 4) is 0 Å². The monoisotopic (exact) mass is 271 g/mol. The Morgan fingerprint density at radius 2 is 2.05 bits per heavy atom. The first-order valence-corrected chi connectivity index (χ1v) is 6.34. The van der Waals surface area contributed by atoms with E-state index in [-0.39, 0.29) is 11.9 Å². The number of nitrogens with two attached hydrogens (primary N) is 2. The minimum Gasteiger partial charge on any atom is -0.370 e. The second kappa shape index (κ2) is 6.01.